The van der Waals surface area contributed by atoms with Gasteiger partial charge in [0.1, 0.15) is 12.1 Å². The van der Waals surface area contributed by atoms with Crippen molar-refractivity contribution in [3.63, 3.8) is 0 Å². The van der Waals surface area contributed by atoms with Gasteiger partial charge in [-0.15, -0.1) is 0 Å². The van der Waals surface area contributed by atoms with Crippen LogP contribution in [-0.2, 0) is 13.0 Å². The molecule has 1 N–H and O–H groups in total. The number of ether oxygens (including phenoxy) is 1. The highest BCUT2D eigenvalue weighted by Crippen LogP contribution is 2.26. The summed E-state index contributed by atoms with van der Waals surface area (Å²) in [5.41, 5.74) is 2.54. The summed E-state index contributed by atoms with van der Waals surface area (Å²) >= 11 is 0. The van der Waals surface area contributed by atoms with Crippen LogP contribution in [0.25, 0.3) is 0 Å². The van der Waals surface area contributed by atoms with Gasteiger partial charge in [-0.05, 0) is 17.7 Å². The molecular formula is C16H18FN3O2. The number of halogens is 1. The summed E-state index contributed by atoms with van der Waals surface area (Å²) in [4.78, 5) is 10.5. The molecule has 1 aromatic heterocycles. The molecule has 2 heterocycles. The Balaban J connectivity index is 1.72. The summed E-state index contributed by atoms with van der Waals surface area (Å²) in [6.07, 6.45) is 1.56. The molecule has 0 fully saturated rings. The fraction of sp³-hybridized carbons (Fsp3) is 0.375. The van der Waals surface area contributed by atoms with Crippen molar-refractivity contribution in [3.8, 4) is 5.88 Å². The van der Waals surface area contributed by atoms with E-state index in [2.05, 4.69) is 14.9 Å². The van der Waals surface area contributed by atoms with E-state index in [1.165, 1.54) is 18.5 Å². The van der Waals surface area contributed by atoms with E-state index in [-0.39, 0.29) is 5.82 Å². The Kier molecular flexibility index (Phi) is 4.31. The molecular weight excluding hydrogens is 285 g/mol. The first-order valence-electron chi connectivity index (χ1n) is 7.20. The lowest BCUT2D eigenvalue weighted by atomic mass is 10.0. The maximum absolute atomic E-state index is 13.2. The largest absolute Gasteiger partial charge is 0.481 e. The van der Waals surface area contributed by atoms with Crippen LogP contribution in [0.2, 0.25) is 0 Å². The average molecular weight is 303 g/mol. The van der Waals surface area contributed by atoms with Gasteiger partial charge in [0.25, 0.3) is 0 Å². The first-order valence-corrected chi connectivity index (χ1v) is 7.20. The van der Waals surface area contributed by atoms with Crippen molar-refractivity contribution in [2.45, 2.75) is 19.1 Å². The second-order valence-corrected chi connectivity index (χ2v) is 5.36. The lowest BCUT2D eigenvalue weighted by Gasteiger charge is -2.30. The molecule has 1 atom stereocenters. The summed E-state index contributed by atoms with van der Waals surface area (Å²) < 4.78 is 18.5. The Morgan fingerprint density at radius 2 is 2.27 bits per heavy atom. The van der Waals surface area contributed by atoms with Crippen LogP contribution in [0, 0.1) is 5.82 Å². The minimum atomic E-state index is -0.729. The summed E-state index contributed by atoms with van der Waals surface area (Å²) in [7, 11) is 1.59. The Morgan fingerprint density at radius 3 is 3.05 bits per heavy atom. The van der Waals surface area contributed by atoms with Gasteiger partial charge in [0.15, 0.2) is 0 Å². The minimum Gasteiger partial charge on any atom is -0.481 e. The molecule has 2 aromatic rings. The topological polar surface area (TPSA) is 58.5 Å². The molecule has 22 heavy (non-hydrogen) atoms. The molecule has 0 amide bonds. The number of methoxy groups -OCH3 is 1. The molecule has 1 aliphatic heterocycles. The van der Waals surface area contributed by atoms with Gasteiger partial charge >= 0.3 is 0 Å². The van der Waals surface area contributed by atoms with Crippen molar-refractivity contribution < 1.29 is 14.2 Å². The average Bonchev–Trinajstić information content (AvgIpc) is 2.54. The number of rotatable bonds is 4. The SMILES string of the molecule is COc1ncnc2c1CN(CC(O)c1cccc(F)c1)CC2. The van der Waals surface area contributed by atoms with Gasteiger partial charge in [0.05, 0.1) is 18.9 Å². The van der Waals surface area contributed by atoms with Gasteiger partial charge in [-0.3, -0.25) is 4.90 Å². The molecule has 1 aliphatic rings. The number of fused-ring (bicyclic) bond motifs is 1. The molecule has 0 saturated heterocycles. The monoisotopic (exact) mass is 303 g/mol. The zero-order chi connectivity index (χ0) is 15.5. The van der Waals surface area contributed by atoms with Crippen LogP contribution in [0.1, 0.15) is 22.9 Å². The lowest BCUT2D eigenvalue weighted by Crippen LogP contribution is -2.34. The highest BCUT2D eigenvalue weighted by Gasteiger charge is 2.23. The highest BCUT2D eigenvalue weighted by atomic mass is 19.1. The molecule has 116 valence electrons. The van der Waals surface area contributed by atoms with Crippen LogP contribution < -0.4 is 4.74 Å². The van der Waals surface area contributed by atoms with Crippen molar-refractivity contribution in [2.24, 2.45) is 0 Å². The smallest absolute Gasteiger partial charge is 0.220 e. The standard InChI is InChI=1S/C16H18FN3O2/c1-22-16-13-8-20(6-5-14(13)18-10-19-16)9-15(21)11-3-2-4-12(17)7-11/h2-4,7,10,15,21H,5-6,8-9H2,1H3. The quantitative estimate of drug-likeness (QED) is 0.932. The summed E-state index contributed by atoms with van der Waals surface area (Å²) in [6, 6.07) is 6.08. The van der Waals surface area contributed by atoms with E-state index < -0.39 is 6.10 Å². The molecule has 3 rings (SSSR count). The molecule has 1 aromatic carbocycles. The number of aliphatic hydroxyl groups is 1. The Labute approximate surface area is 128 Å². The molecule has 0 aliphatic carbocycles. The van der Waals surface area contributed by atoms with E-state index in [1.54, 1.807) is 19.2 Å². The second kappa shape index (κ2) is 6.37. The van der Waals surface area contributed by atoms with Gasteiger partial charge in [-0.25, -0.2) is 14.4 Å². The number of aliphatic hydroxyl groups excluding tert-OH is 1. The van der Waals surface area contributed by atoms with Crippen molar-refractivity contribution in [3.05, 3.63) is 53.2 Å². The van der Waals surface area contributed by atoms with Crippen molar-refractivity contribution >= 4 is 0 Å². The number of nitrogens with zero attached hydrogens (tertiary/aromatic N) is 3. The highest BCUT2D eigenvalue weighted by molar-refractivity contribution is 5.31. The molecule has 1 unspecified atom stereocenters. The summed E-state index contributed by atoms with van der Waals surface area (Å²) in [5.74, 6) is 0.241. The second-order valence-electron chi connectivity index (χ2n) is 5.36. The zero-order valence-electron chi connectivity index (χ0n) is 12.4. The van der Waals surface area contributed by atoms with E-state index in [0.29, 0.717) is 24.5 Å². The van der Waals surface area contributed by atoms with E-state index >= 15 is 0 Å². The van der Waals surface area contributed by atoms with Gasteiger partial charge < -0.3 is 9.84 Å². The van der Waals surface area contributed by atoms with E-state index in [9.17, 15) is 9.50 Å². The van der Waals surface area contributed by atoms with Crippen LogP contribution in [-0.4, -0.2) is 40.2 Å². The predicted molar refractivity (Wildman–Crippen MR) is 78.9 cm³/mol. The lowest BCUT2D eigenvalue weighted by molar-refractivity contribution is 0.104. The van der Waals surface area contributed by atoms with Crippen LogP contribution in [0.5, 0.6) is 5.88 Å². The molecule has 0 radical (unpaired) electrons. The van der Waals surface area contributed by atoms with Crippen LogP contribution in [0.4, 0.5) is 4.39 Å². The van der Waals surface area contributed by atoms with Crippen molar-refractivity contribution in [1.29, 1.82) is 0 Å². The van der Waals surface area contributed by atoms with Gasteiger partial charge in [0, 0.05) is 31.6 Å². The number of aromatic nitrogens is 2. The van der Waals surface area contributed by atoms with Gasteiger partial charge in [-0.2, -0.15) is 0 Å². The first-order chi connectivity index (χ1) is 10.7. The third kappa shape index (κ3) is 3.08. The molecule has 0 bridgehead atoms. The van der Waals surface area contributed by atoms with E-state index in [1.807, 2.05) is 0 Å². The number of β-amino-alcohol motifs (C(OH)–C–C–N with tert-alkyl or cyclic N) is 1. The molecule has 0 spiro atoms. The minimum absolute atomic E-state index is 0.337. The zero-order valence-corrected chi connectivity index (χ0v) is 12.4. The summed E-state index contributed by atoms with van der Waals surface area (Å²) in [6.45, 7) is 1.84. The third-order valence-electron chi connectivity index (χ3n) is 3.90. The number of hydrogen-bond acceptors (Lipinski definition) is 5. The van der Waals surface area contributed by atoms with Crippen molar-refractivity contribution in [2.75, 3.05) is 20.2 Å². The van der Waals surface area contributed by atoms with Crippen LogP contribution >= 0.6 is 0 Å². The molecule has 0 saturated carbocycles. The number of benzene rings is 1. The third-order valence-corrected chi connectivity index (χ3v) is 3.90. The first kappa shape index (κ1) is 14.9. The number of hydrogen-bond donors (Lipinski definition) is 1. The van der Waals surface area contributed by atoms with E-state index in [4.69, 9.17) is 4.74 Å². The van der Waals surface area contributed by atoms with Gasteiger partial charge in [-0.1, -0.05) is 12.1 Å². The maximum atomic E-state index is 13.2. The fourth-order valence-corrected chi connectivity index (χ4v) is 2.77. The Morgan fingerprint density at radius 1 is 1.41 bits per heavy atom. The predicted octanol–water partition coefficient (Wildman–Crippen LogP) is 1.72. The fourth-order valence-electron chi connectivity index (χ4n) is 2.77. The molecule has 5 nitrogen and oxygen atoms in total. The van der Waals surface area contributed by atoms with Gasteiger partial charge in [0.2, 0.25) is 5.88 Å². The Hall–Kier alpha value is -2.05. The molecule has 6 heteroatoms. The van der Waals surface area contributed by atoms with Crippen LogP contribution in [0.15, 0.2) is 30.6 Å². The van der Waals surface area contributed by atoms with Crippen LogP contribution in [0.3, 0.4) is 0 Å². The van der Waals surface area contributed by atoms with E-state index in [0.717, 1.165) is 24.2 Å². The Bertz CT molecular complexity index is 651. The van der Waals surface area contributed by atoms with Crippen molar-refractivity contribution in [1.82, 2.24) is 14.9 Å². The summed E-state index contributed by atoms with van der Waals surface area (Å²) in [5, 5.41) is 10.3. The maximum Gasteiger partial charge on any atom is 0.220 e. The normalized spacial score (nSPS) is 16.1.